The Morgan fingerprint density at radius 3 is 2.26 bits per heavy atom. The van der Waals surface area contributed by atoms with Gasteiger partial charge in [0.2, 0.25) is 0 Å². The van der Waals surface area contributed by atoms with Crippen LogP contribution in [0.5, 0.6) is 11.5 Å². The summed E-state index contributed by atoms with van der Waals surface area (Å²) in [4.78, 5) is 28.9. The fraction of sp³-hybridized carbons (Fsp3) is 0.462. The van der Waals surface area contributed by atoms with Gasteiger partial charge in [0.05, 0.1) is 19.8 Å². The number of rotatable bonds is 7. The van der Waals surface area contributed by atoms with E-state index in [1.54, 1.807) is 16.9 Å². The predicted octanol–water partition coefficient (Wildman–Crippen LogP) is 4.72. The van der Waals surface area contributed by atoms with E-state index in [0.717, 1.165) is 11.3 Å². The summed E-state index contributed by atoms with van der Waals surface area (Å²) in [6, 6.07) is 16.6. The molecule has 3 rings (SSSR count). The second-order valence-electron chi connectivity index (χ2n) is 9.13. The molecular weight excluding hydrogens is 436 g/mol. The van der Waals surface area contributed by atoms with Gasteiger partial charge in [0.15, 0.2) is 0 Å². The van der Waals surface area contributed by atoms with Crippen LogP contribution in [0.2, 0.25) is 0 Å². The highest BCUT2D eigenvalue weighted by molar-refractivity contribution is 5.71. The third-order valence-electron chi connectivity index (χ3n) is 5.35. The van der Waals surface area contributed by atoms with Crippen LogP contribution in [-0.4, -0.2) is 67.0 Å². The molecule has 2 aromatic carbocycles. The van der Waals surface area contributed by atoms with E-state index in [4.69, 9.17) is 18.9 Å². The van der Waals surface area contributed by atoms with Gasteiger partial charge >= 0.3 is 12.2 Å². The summed E-state index contributed by atoms with van der Waals surface area (Å²) < 4.78 is 22.1. The van der Waals surface area contributed by atoms with Gasteiger partial charge < -0.3 is 28.7 Å². The first kappa shape index (κ1) is 25.2. The Kier molecular flexibility index (Phi) is 8.62. The number of carbonyl (C=O) groups is 2. The minimum Gasteiger partial charge on any atom is -0.497 e. The highest BCUT2D eigenvalue weighted by atomic mass is 16.6. The third kappa shape index (κ3) is 7.57. The molecule has 8 heteroatoms. The molecule has 184 valence electrons. The summed E-state index contributed by atoms with van der Waals surface area (Å²) in [5.74, 6) is 1.46. The quantitative estimate of drug-likeness (QED) is 0.583. The molecule has 8 nitrogen and oxygen atoms in total. The maximum atomic E-state index is 12.8. The molecule has 0 spiro atoms. The number of piperazine rings is 1. The lowest BCUT2D eigenvalue weighted by Crippen LogP contribution is -2.57. The topological polar surface area (TPSA) is 77.5 Å². The Hall–Kier alpha value is -3.42. The standard InChI is InChI=1S/C26H34N2O6/c1-26(2,3)34-25(30)28-16-15-27(24(29)33-19-20-8-6-5-7-9-20)18-21(28)14-17-32-23-12-10-22(31-4)11-13-23/h5-13,21H,14-19H2,1-4H3/t21-/m1/s1. The lowest BCUT2D eigenvalue weighted by atomic mass is 10.1. The minimum atomic E-state index is -0.604. The molecule has 2 amide bonds. The molecule has 1 atom stereocenters. The molecule has 0 unspecified atom stereocenters. The molecule has 1 aliphatic rings. The van der Waals surface area contributed by atoms with Crippen molar-refractivity contribution in [3.8, 4) is 11.5 Å². The average molecular weight is 471 g/mol. The molecule has 0 bridgehead atoms. The van der Waals surface area contributed by atoms with Crippen LogP contribution in [0.15, 0.2) is 54.6 Å². The number of carbonyl (C=O) groups excluding carboxylic acids is 2. The summed E-state index contributed by atoms with van der Waals surface area (Å²) in [6.45, 7) is 7.18. The van der Waals surface area contributed by atoms with Crippen molar-refractivity contribution in [2.45, 2.75) is 45.4 Å². The summed E-state index contributed by atoms with van der Waals surface area (Å²) in [5.41, 5.74) is 0.320. The van der Waals surface area contributed by atoms with E-state index in [-0.39, 0.29) is 18.7 Å². The van der Waals surface area contributed by atoms with E-state index in [1.165, 1.54) is 0 Å². The number of amides is 2. The molecular formula is C26H34N2O6. The second-order valence-corrected chi connectivity index (χ2v) is 9.13. The average Bonchev–Trinajstić information content (AvgIpc) is 2.82. The van der Waals surface area contributed by atoms with Crippen LogP contribution < -0.4 is 9.47 Å². The van der Waals surface area contributed by atoms with Crippen LogP contribution in [-0.2, 0) is 16.1 Å². The van der Waals surface area contributed by atoms with Gasteiger partial charge in [-0.25, -0.2) is 9.59 Å². The number of benzene rings is 2. The molecule has 1 heterocycles. The lowest BCUT2D eigenvalue weighted by molar-refractivity contribution is -0.00614. The Morgan fingerprint density at radius 1 is 0.941 bits per heavy atom. The second kappa shape index (κ2) is 11.6. The number of hydrogen-bond donors (Lipinski definition) is 0. The third-order valence-corrected chi connectivity index (χ3v) is 5.35. The zero-order valence-corrected chi connectivity index (χ0v) is 20.4. The van der Waals surface area contributed by atoms with Gasteiger partial charge in [0.25, 0.3) is 0 Å². The van der Waals surface area contributed by atoms with Crippen LogP contribution in [0.25, 0.3) is 0 Å². The molecule has 0 aliphatic carbocycles. The Bertz CT molecular complexity index is 927. The van der Waals surface area contributed by atoms with Crippen molar-refractivity contribution in [1.82, 2.24) is 9.80 Å². The minimum absolute atomic E-state index is 0.206. The highest BCUT2D eigenvalue weighted by Gasteiger charge is 2.35. The van der Waals surface area contributed by atoms with Gasteiger partial charge in [-0.3, -0.25) is 0 Å². The molecule has 1 fully saturated rings. The van der Waals surface area contributed by atoms with Crippen LogP contribution in [0.3, 0.4) is 0 Å². The van der Waals surface area contributed by atoms with Gasteiger partial charge in [0.1, 0.15) is 23.7 Å². The van der Waals surface area contributed by atoms with E-state index in [2.05, 4.69) is 0 Å². The number of ether oxygens (including phenoxy) is 4. The van der Waals surface area contributed by atoms with E-state index >= 15 is 0 Å². The summed E-state index contributed by atoms with van der Waals surface area (Å²) in [6.07, 6.45) is -0.249. The van der Waals surface area contributed by atoms with Crippen LogP contribution >= 0.6 is 0 Å². The molecule has 1 saturated heterocycles. The first-order valence-corrected chi connectivity index (χ1v) is 11.5. The Labute approximate surface area is 201 Å². The van der Waals surface area contributed by atoms with Crippen LogP contribution in [0, 0.1) is 0 Å². The smallest absolute Gasteiger partial charge is 0.410 e. The van der Waals surface area contributed by atoms with Crippen LogP contribution in [0.1, 0.15) is 32.8 Å². The largest absolute Gasteiger partial charge is 0.497 e. The fourth-order valence-corrected chi connectivity index (χ4v) is 3.62. The Balaban J connectivity index is 1.60. The molecule has 34 heavy (non-hydrogen) atoms. The van der Waals surface area contributed by atoms with Crippen molar-refractivity contribution in [1.29, 1.82) is 0 Å². The molecule has 1 aliphatic heterocycles. The fourth-order valence-electron chi connectivity index (χ4n) is 3.62. The molecule has 2 aromatic rings. The van der Waals surface area contributed by atoms with E-state index in [0.29, 0.717) is 38.4 Å². The monoisotopic (exact) mass is 470 g/mol. The maximum Gasteiger partial charge on any atom is 0.410 e. The van der Waals surface area contributed by atoms with Crippen molar-refractivity contribution in [2.24, 2.45) is 0 Å². The lowest BCUT2D eigenvalue weighted by Gasteiger charge is -2.41. The van der Waals surface area contributed by atoms with Gasteiger partial charge in [-0.15, -0.1) is 0 Å². The molecule has 0 saturated carbocycles. The zero-order valence-electron chi connectivity index (χ0n) is 20.4. The van der Waals surface area contributed by atoms with Crippen molar-refractivity contribution in [2.75, 3.05) is 33.4 Å². The SMILES string of the molecule is COc1ccc(OCC[C@@H]2CN(C(=O)OCc3ccccc3)CCN2C(=O)OC(C)(C)C)cc1. The molecule has 0 aromatic heterocycles. The van der Waals surface area contributed by atoms with Gasteiger partial charge in [-0.2, -0.15) is 0 Å². The molecule has 0 radical (unpaired) electrons. The number of nitrogens with zero attached hydrogens (tertiary/aromatic N) is 2. The van der Waals surface area contributed by atoms with Crippen molar-refractivity contribution in [3.05, 3.63) is 60.2 Å². The van der Waals surface area contributed by atoms with Crippen molar-refractivity contribution in [3.63, 3.8) is 0 Å². The predicted molar refractivity (Wildman–Crippen MR) is 128 cm³/mol. The first-order chi connectivity index (χ1) is 16.2. The van der Waals surface area contributed by atoms with E-state index in [1.807, 2.05) is 75.4 Å². The van der Waals surface area contributed by atoms with Crippen molar-refractivity contribution < 1.29 is 28.5 Å². The molecule has 0 N–H and O–H groups in total. The Morgan fingerprint density at radius 2 is 1.62 bits per heavy atom. The summed E-state index contributed by atoms with van der Waals surface area (Å²) in [5, 5.41) is 0. The van der Waals surface area contributed by atoms with Gasteiger partial charge in [-0.05, 0) is 50.6 Å². The van der Waals surface area contributed by atoms with Crippen LogP contribution in [0.4, 0.5) is 9.59 Å². The summed E-state index contributed by atoms with van der Waals surface area (Å²) >= 11 is 0. The number of methoxy groups -OCH3 is 1. The van der Waals surface area contributed by atoms with Gasteiger partial charge in [-0.1, -0.05) is 30.3 Å². The zero-order chi connectivity index (χ0) is 24.6. The summed E-state index contributed by atoms with van der Waals surface area (Å²) in [7, 11) is 1.61. The first-order valence-electron chi connectivity index (χ1n) is 11.5. The van der Waals surface area contributed by atoms with E-state index in [9.17, 15) is 9.59 Å². The van der Waals surface area contributed by atoms with Crippen molar-refractivity contribution >= 4 is 12.2 Å². The highest BCUT2D eigenvalue weighted by Crippen LogP contribution is 2.21. The number of hydrogen-bond acceptors (Lipinski definition) is 6. The van der Waals surface area contributed by atoms with Gasteiger partial charge in [0, 0.05) is 26.1 Å². The maximum absolute atomic E-state index is 12.8. The normalized spacial score (nSPS) is 16.1. The van der Waals surface area contributed by atoms with E-state index < -0.39 is 11.7 Å².